The standard InChI is InChI=1S/C16H23N3O3/c1-11-5-6-12(16(21)22)15(17-11)19-9-13(14(20)10-19)18-7-3-2-4-8-18/h5-6,13-14,20H,2-4,7-10H2,1H3,(H,21,22)/t13-,14-/m0/s1. The average molecular weight is 305 g/mol. The topological polar surface area (TPSA) is 76.9 Å². The fourth-order valence-corrected chi connectivity index (χ4v) is 3.50. The van der Waals surface area contributed by atoms with Gasteiger partial charge in [0.2, 0.25) is 0 Å². The van der Waals surface area contributed by atoms with Crippen LogP contribution in [0.5, 0.6) is 0 Å². The number of hydrogen-bond acceptors (Lipinski definition) is 5. The van der Waals surface area contributed by atoms with Crippen LogP contribution in [0, 0.1) is 6.92 Å². The van der Waals surface area contributed by atoms with E-state index >= 15 is 0 Å². The maximum atomic E-state index is 11.4. The molecule has 0 unspecified atom stereocenters. The second-order valence-electron chi connectivity index (χ2n) is 6.27. The van der Waals surface area contributed by atoms with Crippen molar-refractivity contribution < 1.29 is 15.0 Å². The van der Waals surface area contributed by atoms with Crippen molar-refractivity contribution in [1.82, 2.24) is 9.88 Å². The minimum Gasteiger partial charge on any atom is -0.478 e. The van der Waals surface area contributed by atoms with Gasteiger partial charge in [0.1, 0.15) is 11.4 Å². The molecule has 22 heavy (non-hydrogen) atoms. The summed E-state index contributed by atoms with van der Waals surface area (Å²) in [5, 5.41) is 19.8. The highest BCUT2D eigenvalue weighted by Gasteiger charge is 2.37. The molecule has 6 heteroatoms. The molecule has 2 N–H and O–H groups in total. The van der Waals surface area contributed by atoms with Gasteiger partial charge < -0.3 is 15.1 Å². The van der Waals surface area contributed by atoms with Crippen molar-refractivity contribution in [2.75, 3.05) is 31.1 Å². The predicted molar refractivity (Wildman–Crippen MR) is 83.4 cm³/mol. The van der Waals surface area contributed by atoms with Crippen LogP contribution in [0.1, 0.15) is 35.3 Å². The minimum atomic E-state index is -0.974. The van der Waals surface area contributed by atoms with E-state index in [1.165, 1.54) is 19.3 Å². The highest BCUT2D eigenvalue weighted by Crippen LogP contribution is 2.27. The predicted octanol–water partition coefficient (Wildman–Crippen LogP) is 1.12. The van der Waals surface area contributed by atoms with Gasteiger partial charge in [-0.1, -0.05) is 6.42 Å². The van der Waals surface area contributed by atoms with E-state index in [-0.39, 0.29) is 11.6 Å². The Morgan fingerprint density at radius 2 is 1.95 bits per heavy atom. The number of carboxylic acid groups (broad SMARTS) is 1. The summed E-state index contributed by atoms with van der Waals surface area (Å²) in [6, 6.07) is 3.38. The number of β-amino-alcohol motifs (C(OH)–C–C–N with tert-alkyl or cyclic N) is 1. The normalized spacial score (nSPS) is 26.4. The SMILES string of the molecule is Cc1ccc(C(=O)O)c(N2C[C@H](O)[C@@H](N3CCCCC3)C2)n1. The Labute approximate surface area is 130 Å². The lowest BCUT2D eigenvalue weighted by Crippen LogP contribution is -2.45. The van der Waals surface area contributed by atoms with E-state index < -0.39 is 12.1 Å². The third-order valence-electron chi connectivity index (χ3n) is 4.66. The van der Waals surface area contributed by atoms with Crippen LogP contribution in [-0.4, -0.2) is 64.4 Å². The van der Waals surface area contributed by atoms with E-state index in [0.717, 1.165) is 18.8 Å². The summed E-state index contributed by atoms with van der Waals surface area (Å²) < 4.78 is 0. The number of nitrogens with zero attached hydrogens (tertiary/aromatic N) is 3. The van der Waals surface area contributed by atoms with Crippen LogP contribution in [0.3, 0.4) is 0 Å². The summed E-state index contributed by atoms with van der Waals surface area (Å²) in [5.74, 6) is -0.496. The molecule has 1 aromatic rings. The number of pyridine rings is 1. The van der Waals surface area contributed by atoms with Gasteiger partial charge in [0.05, 0.1) is 12.1 Å². The number of aryl methyl sites for hydroxylation is 1. The van der Waals surface area contributed by atoms with Gasteiger partial charge in [0, 0.05) is 18.8 Å². The second kappa shape index (κ2) is 6.22. The molecular formula is C16H23N3O3. The number of rotatable bonds is 3. The molecule has 0 radical (unpaired) electrons. The highest BCUT2D eigenvalue weighted by molar-refractivity contribution is 5.93. The smallest absolute Gasteiger partial charge is 0.339 e. The van der Waals surface area contributed by atoms with E-state index in [0.29, 0.717) is 18.9 Å². The van der Waals surface area contributed by atoms with Crippen LogP contribution in [-0.2, 0) is 0 Å². The molecule has 1 aromatic heterocycles. The minimum absolute atomic E-state index is 0.0734. The van der Waals surface area contributed by atoms with Crippen molar-refractivity contribution in [2.45, 2.75) is 38.3 Å². The zero-order valence-electron chi connectivity index (χ0n) is 12.9. The Morgan fingerprint density at radius 1 is 1.23 bits per heavy atom. The van der Waals surface area contributed by atoms with Gasteiger partial charge in [-0.2, -0.15) is 0 Å². The monoisotopic (exact) mass is 305 g/mol. The number of carboxylic acids is 1. The number of piperidine rings is 1. The van der Waals surface area contributed by atoms with Crippen LogP contribution in [0.2, 0.25) is 0 Å². The molecule has 0 amide bonds. The number of aliphatic hydroxyl groups is 1. The maximum absolute atomic E-state index is 11.4. The third-order valence-corrected chi connectivity index (χ3v) is 4.66. The van der Waals surface area contributed by atoms with E-state index in [2.05, 4.69) is 9.88 Å². The van der Waals surface area contributed by atoms with E-state index in [1.54, 1.807) is 12.1 Å². The van der Waals surface area contributed by atoms with Crippen molar-refractivity contribution >= 4 is 11.8 Å². The Hall–Kier alpha value is -1.66. The number of likely N-dealkylation sites (tertiary alicyclic amines) is 1. The first-order valence-corrected chi connectivity index (χ1v) is 7.94. The molecule has 2 atom stereocenters. The van der Waals surface area contributed by atoms with Gasteiger partial charge in [-0.3, -0.25) is 4.90 Å². The fourth-order valence-electron chi connectivity index (χ4n) is 3.50. The van der Waals surface area contributed by atoms with Gasteiger partial charge in [0.25, 0.3) is 0 Å². The van der Waals surface area contributed by atoms with Crippen molar-refractivity contribution in [3.63, 3.8) is 0 Å². The van der Waals surface area contributed by atoms with Crippen LogP contribution < -0.4 is 4.90 Å². The number of aromatic carboxylic acids is 1. The van der Waals surface area contributed by atoms with Crippen LogP contribution in [0.4, 0.5) is 5.82 Å². The maximum Gasteiger partial charge on any atom is 0.339 e. The Kier molecular flexibility index (Phi) is 4.31. The summed E-state index contributed by atoms with van der Waals surface area (Å²) in [6.45, 7) is 4.96. The van der Waals surface area contributed by atoms with Crippen LogP contribution >= 0.6 is 0 Å². The van der Waals surface area contributed by atoms with Crippen molar-refractivity contribution in [1.29, 1.82) is 0 Å². The quantitative estimate of drug-likeness (QED) is 0.871. The first-order chi connectivity index (χ1) is 10.6. The number of hydrogen-bond donors (Lipinski definition) is 2. The molecule has 120 valence electrons. The zero-order chi connectivity index (χ0) is 15.7. The lowest BCUT2D eigenvalue weighted by Gasteiger charge is -2.33. The molecule has 3 rings (SSSR count). The molecule has 0 spiro atoms. The first kappa shape index (κ1) is 15.2. The van der Waals surface area contributed by atoms with E-state index in [1.807, 2.05) is 11.8 Å². The molecule has 2 fully saturated rings. The molecule has 2 aliphatic rings. The van der Waals surface area contributed by atoms with Crippen LogP contribution in [0.15, 0.2) is 12.1 Å². The van der Waals surface area contributed by atoms with Crippen LogP contribution in [0.25, 0.3) is 0 Å². The van der Waals surface area contributed by atoms with Crippen molar-refractivity contribution in [3.05, 3.63) is 23.4 Å². The largest absolute Gasteiger partial charge is 0.478 e. The van der Waals surface area contributed by atoms with Gasteiger partial charge in [-0.15, -0.1) is 0 Å². The molecule has 2 aliphatic heterocycles. The Bertz CT molecular complexity index is 558. The van der Waals surface area contributed by atoms with Gasteiger partial charge in [0.15, 0.2) is 0 Å². The number of carbonyl (C=O) groups is 1. The molecule has 6 nitrogen and oxygen atoms in total. The number of aromatic nitrogens is 1. The lowest BCUT2D eigenvalue weighted by molar-refractivity contribution is 0.0695. The molecule has 0 saturated carbocycles. The zero-order valence-corrected chi connectivity index (χ0v) is 12.9. The van der Waals surface area contributed by atoms with Crippen molar-refractivity contribution in [2.24, 2.45) is 0 Å². The summed E-state index contributed by atoms with van der Waals surface area (Å²) in [5.41, 5.74) is 0.994. The molecule has 0 bridgehead atoms. The van der Waals surface area contributed by atoms with Crippen molar-refractivity contribution in [3.8, 4) is 0 Å². The summed E-state index contributed by atoms with van der Waals surface area (Å²) in [6.07, 6.45) is 3.14. The third kappa shape index (κ3) is 2.94. The summed E-state index contributed by atoms with van der Waals surface area (Å²) >= 11 is 0. The molecule has 3 heterocycles. The number of aliphatic hydroxyl groups excluding tert-OH is 1. The molecule has 0 aromatic carbocycles. The summed E-state index contributed by atoms with van der Waals surface area (Å²) in [7, 11) is 0. The molecule has 2 saturated heterocycles. The highest BCUT2D eigenvalue weighted by atomic mass is 16.4. The van der Waals surface area contributed by atoms with Gasteiger partial charge >= 0.3 is 5.97 Å². The molecular weight excluding hydrogens is 282 g/mol. The second-order valence-corrected chi connectivity index (χ2v) is 6.27. The van der Waals surface area contributed by atoms with E-state index in [9.17, 15) is 15.0 Å². The number of anilines is 1. The average Bonchev–Trinajstić information content (AvgIpc) is 2.89. The van der Waals surface area contributed by atoms with E-state index in [4.69, 9.17) is 0 Å². The Balaban J connectivity index is 1.82. The first-order valence-electron chi connectivity index (χ1n) is 7.94. The summed E-state index contributed by atoms with van der Waals surface area (Å²) in [4.78, 5) is 20.1. The molecule has 0 aliphatic carbocycles. The van der Waals surface area contributed by atoms with Gasteiger partial charge in [-0.05, 0) is 45.0 Å². The fraction of sp³-hybridized carbons (Fsp3) is 0.625. The Morgan fingerprint density at radius 3 is 2.64 bits per heavy atom. The van der Waals surface area contributed by atoms with Gasteiger partial charge in [-0.25, -0.2) is 9.78 Å². The lowest BCUT2D eigenvalue weighted by atomic mass is 10.1.